The van der Waals surface area contributed by atoms with Crippen molar-refractivity contribution in [1.82, 2.24) is 19.6 Å². The molecule has 1 aromatic rings. The first-order valence-electron chi connectivity index (χ1n) is 11.3. The number of rotatable bonds is 5. The minimum atomic E-state index is 0.0339. The maximum atomic E-state index is 13.0. The van der Waals surface area contributed by atoms with Gasteiger partial charge >= 0.3 is 0 Å². The second kappa shape index (κ2) is 9.60. The molecule has 3 amide bonds. The zero-order valence-corrected chi connectivity index (χ0v) is 17.7. The summed E-state index contributed by atoms with van der Waals surface area (Å²) in [5, 5.41) is 0. The van der Waals surface area contributed by atoms with E-state index >= 15 is 0 Å². The van der Waals surface area contributed by atoms with Crippen molar-refractivity contribution in [1.29, 1.82) is 0 Å². The fourth-order valence-electron chi connectivity index (χ4n) is 4.62. The van der Waals surface area contributed by atoms with E-state index in [-0.39, 0.29) is 17.7 Å². The Morgan fingerprint density at radius 3 is 2.30 bits per heavy atom. The van der Waals surface area contributed by atoms with Crippen LogP contribution in [0.25, 0.3) is 0 Å². The number of amides is 3. The van der Waals surface area contributed by atoms with Crippen molar-refractivity contribution in [3.8, 4) is 0 Å². The third-order valence-corrected chi connectivity index (χ3v) is 6.45. The maximum absolute atomic E-state index is 13.0. The van der Waals surface area contributed by atoms with Crippen molar-refractivity contribution in [2.45, 2.75) is 38.6 Å². The highest BCUT2D eigenvalue weighted by atomic mass is 16.2. The van der Waals surface area contributed by atoms with E-state index in [4.69, 9.17) is 0 Å². The molecule has 3 saturated heterocycles. The van der Waals surface area contributed by atoms with Gasteiger partial charge in [0.25, 0.3) is 5.91 Å². The summed E-state index contributed by atoms with van der Waals surface area (Å²) in [6.45, 7) is 6.35. The van der Waals surface area contributed by atoms with Crippen molar-refractivity contribution in [2.75, 3.05) is 52.4 Å². The molecule has 4 rings (SSSR count). The molecule has 3 fully saturated rings. The number of piperidine rings is 1. The summed E-state index contributed by atoms with van der Waals surface area (Å²) in [6.07, 6.45) is 4.99. The van der Waals surface area contributed by atoms with E-state index in [0.29, 0.717) is 38.2 Å². The highest BCUT2D eigenvalue weighted by Gasteiger charge is 2.26. The smallest absolute Gasteiger partial charge is 0.253 e. The molecular weight excluding hydrogens is 380 g/mol. The summed E-state index contributed by atoms with van der Waals surface area (Å²) >= 11 is 0. The summed E-state index contributed by atoms with van der Waals surface area (Å²) in [7, 11) is 0. The first-order valence-corrected chi connectivity index (χ1v) is 11.3. The third kappa shape index (κ3) is 5.01. The first kappa shape index (κ1) is 20.8. The molecule has 0 radical (unpaired) electrons. The molecule has 7 heteroatoms. The molecule has 162 valence electrons. The van der Waals surface area contributed by atoms with Gasteiger partial charge in [-0.1, -0.05) is 12.1 Å². The molecule has 3 aliphatic heterocycles. The van der Waals surface area contributed by atoms with E-state index in [1.54, 1.807) is 0 Å². The molecule has 0 unspecified atom stereocenters. The van der Waals surface area contributed by atoms with Gasteiger partial charge in [-0.2, -0.15) is 0 Å². The maximum Gasteiger partial charge on any atom is 0.253 e. The highest BCUT2D eigenvalue weighted by Crippen LogP contribution is 2.17. The van der Waals surface area contributed by atoms with Crippen LogP contribution in [-0.4, -0.2) is 89.7 Å². The Morgan fingerprint density at radius 2 is 1.60 bits per heavy atom. The van der Waals surface area contributed by atoms with Crippen LogP contribution in [0, 0.1) is 0 Å². The van der Waals surface area contributed by atoms with Crippen LogP contribution < -0.4 is 0 Å². The lowest BCUT2D eigenvalue weighted by molar-refractivity contribution is -0.133. The van der Waals surface area contributed by atoms with Crippen molar-refractivity contribution in [3.05, 3.63) is 35.4 Å². The molecular formula is C23H32N4O3. The van der Waals surface area contributed by atoms with Crippen LogP contribution in [0.4, 0.5) is 0 Å². The summed E-state index contributed by atoms with van der Waals surface area (Å²) in [4.78, 5) is 45.2. The lowest BCUT2D eigenvalue weighted by Gasteiger charge is -2.36. The van der Waals surface area contributed by atoms with Gasteiger partial charge in [0.15, 0.2) is 0 Å². The van der Waals surface area contributed by atoms with Crippen LogP contribution in [0.1, 0.15) is 48.0 Å². The van der Waals surface area contributed by atoms with E-state index in [1.807, 2.05) is 39.0 Å². The molecule has 3 heterocycles. The second-order valence-corrected chi connectivity index (χ2v) is 8.63. The van der Waals surface area contributed by atoms with Crippen LogP contribution >= 0.6 is 0 Å². The van der Waals surface area contributed by atoms with E-state index in [0.717, 1.165) is 57.5 Å². The van der Waals surface area contributed by atoms with Gasteiger partial charge in [-0.05, 0) is 43.4 Å². The van der Waals surface area contributed by atoms with Gasteiger partial charge in [0.1, 0.15) is 0 Å². The zero-order chi connectivity index (χ0) is 20.9. The van der Waals surface area contributed by atoms with Crippen molar-refractivity contribution in [3.63, 3.8) is 0 Å². The fourth-order valence-corrected chi connectivity index (χ4v) is 4.62. The second-order valence-electron chi connectivity index (χ2n) is 8.63. The highest BCUT2D eigenvalue weighted by molar-refractivity contribution is 5.94. The summed E-state index contributed by atoms with van der Waals surface area (Å²) in [5.41, 5.74) is 1.68. The molecule has 0 spiro atoms. The van der Waals surface area contributed by atoms with Crippen LogP contribution in [0.2, 0.25) is 0 Å². The van der Waals surface area contributed by atoms with Gasteiger partial charge in [-0.15, -0.1) is 0 Å². The monoisotopic (exact) mass is 412 g/mol. The largest absolute Gasteiger partial charge is 0.342 e. The molecule has 0 atom stereocenters. The van der Waals surface area contributed by atoms with E-state index in [9.17, 15) is 14.4 Å². The lowest BCUT2D eigenvalue weighted by atomic mass is 10.1. The molecule has 0 aliphatic carbocycles. The minimum Gasteiger partial charge on any atom is -0.342 e. The Morgan fingerprint density at radius 1 is 0.833 bits per heavy atom. The van der Waals surface area contributed by atoms with E-state index in [1.165, 1.54) is 6.42 Å². The number of hydrogen-bond donors (Lipinski definition) is 0. The molecule has 0 N–H and O–H groups in total. The van der Waals surface area contributed by atoms with E-state index in [2.05, 4.69) is 4.90 Å². The van der Waals surface area contributed by atoms with Gasteiger partial charge < -0.3 is 14.7 Å². The molecule has 1 aromatic carbocycles. The standard InChI is InChI=1S/C23H32N4O3/c28-21-8-5-11-27(21)17-19-6-4-7-20(16-19)23(30)26-14-12-24(13-15-26)18-22(29)25-9-2-1-3-10-25/h4,6-7,16H,1-3,5,8-15,17-18H2. The van der Waals surface area contributed by atoms with Crippen molar-refractivity contribution < 1.29 is 14.4 Å². The van der Waals surface area contributed by atoms with Gasteiger partial charge in [-0.3, -0.25) is 19.3 Å². The normalized spacial score (nSPS) is 20.7. The number of piperazine rings is 1. The average Bonchev–Trinajstić information content (AvgIpc) is 3.19. The van der Waals surface area contributed by atoms with Gasteiger partial charge in [0, 0.05) is 64.3 Å². The average molecular weight is 413 g/mol. The summed E-state index contributed by atoms with van der Waals surface area (Å²) in [5.74, 6) is 0.451. The number of carbonyl (C=O) groups is 3. The SMILES string of the molecule is O=C(CN1CCN(C(=O)c2cccc(CN3CCCC3=O)c2)CC1)N1CCCCC1. The quantitative estimate of drug-likeness (QED) is 0.737. The molecule has 0 bridgehead atoms. The summed E-state index contributed by atoms with van der Waals surface area (Å²) < 4.78 is 0. The van der Waals surface area contributed by atoms with Crippen LogP contribution in [0.15, 0.2) is 24.3 Å². The topological polar surface area (TPSA) is 64.2 Å². The Balaban J connectivity index is 1.28. The van der Waals surface area contributed by atoms with E-state index < -0.39 is 0 Å². The number of likely N-dealkylation sites (tertiary alicyclic amines) is 2. The number of benzene rings is 1. The number of carbonyl (C=O) groups excluding carboxylic acids is 3. The Kier molecular flexibility index (Phi) is 6.67. The Labute approximate surface area is 178 Å². The number of hydrogen-bond acceptors (Lipinski definition) is 4. The van der Waals surface area contributed by atoms with Crippen LogP contribution in [-0.2, 0) is 16.1 Å². The van der Waals surface area contributed by atoms with Crippen molar-refractivity contribution in [2.24, 2.45) is 0 Å². The lowest BCUT2D eigenvalue weighted by Crippen LogP contribution is -2.52. The minimum absolute atomic E-state index is 0.0339. The molecule has 7 nitrogen and oxygen atoms in total. The van der Waals surface area contributed by atoms with Crippen LogP contribution in [0.5, 0.6) is 0 Å². The first-order chi connectivity index (χ1) is 14.6. The van der Waals surface area contributed by atoms with Crippen LogP contribution in [0.3, 0.4) is 0 Å². The molecule has 0 aromatic heterocycles. The Hall–Kier alpha value is -2.41. The van der Waals surface area contributed by atoms with Gasteiger partial charge in [0.05, 0.1) is 6.54 Å². The fraction of sp³-hybridized carbons (Fsp3) is 0.609. The summed E-state index contributed by atoms with van der Waals surface area (Å²) in [6, 6.07) is 7.65. The number of nitrogens with zero attached hydrogens (tertiary/aromatic N) is 4. The van der Waals surface area contributed by atoms with Gasteiger partial charge in [0.2, 0.25) is 11.8 Å². The predicted molar refractivity (Wildman–Crippen MR) is 114 cm³/mol. The zero-order valence-electron chi connectivity index (χ0n) is 17.7. The molecule has 3 aliphatic rings. The molecule has 0 saturated carbocycles. The Bertz CT molecular complexity index is 782. The van der Waals surface area contributed by atoms with Crippen molar-refractivity contribution >= 4 is 17.7 Å². The predicted octanol–water partition coefficient (Wildman–Crippen LogP) is 1.58. The van der Waals surface area contributed by atoms with Gasteiger partial charge in [-0.25, -0.2) is 0 Å². The molecule has 30 heavy (non-hydrogen) atoms. The third-order valence-electron chi connectivity index (χ3n) is 6.45.